The number of halogens is 3. The molecule has 2 aromatic heterocycles. The van der Waals surface area contributed by atoms with Crippen molar-refractivity contribution >= 4 is 22.2 Å². The molecule has 1 unspecified atom stereocenters. The number of aliphatic hydroxyl groups excluding tert-OH is 1. The van der Waals surface area contributed by atoms with Crippen LogP contribution in [0.3, 0.4) is 0 Å². The molecule has 1 N–H and O–H groups in total. The average Bonchev–Trinajstić information content (AvgIpc) is 3.04. The number of hydrogen-bond acceptors (Lipinski definition) is 4. The van der Waals surface area contributed by atoms with Gasteiger partial charge in [-0.3, -0.25) is 4.68 Å². The van der Waals surface area contributed by atoms with E-state index in [-0.39, 0.29) is 4.88 Å². The monoisotopic (exact) mass is 313 g/mol. The van der Waals surface area contributed by atoms with Crippen LogP contribution in [0.1, 0.15) is 21.7 Å². The quantitative estimate of drug-likeness (QED) is 0.791. The van der Waals surface area contributed by atoms with Gasteiger partial charge in [0.25, 0.3) is 0 Å². The number of alkyl halides is 3. The third-order valence-corrected chi connectivity index (χ3v) is 4.18. The second-order valence-electron chi connectivity index (χ2n) is 4.49. The predicted molar refractivity (Wildman–Crippen MR) is 71.9 cm³/mol. The smallest absolute Gasteiger partial charge is 0.381 e. The summed E-state index contributed by atoms with van der Waals surface area (Å²) in [4.78, 5) is 3.44. The van der Waals surface area contributed by atoms with E-state index in [4.69, 9.17) is 0 Å². The number of nitrogens with zero attached hydrogens (tertiary/aromatic N) is 3. The maximum Gasteiger partial charge on any atom is 0.443 e. The van der Waals surface area contributed by atoms with Crippen LogP contribution in [0.4, 0.5) is 13.2 Å². The summed E-state index contributed by atoms with van der Waals surface area (Å²) < 4.78 is 39.3. The standard InChI is InChI=1S/C13H10F3N3OS/c1-19-8-5-3-2-4-7(8)10(18-19)11(20)9-6-17-12(21-9)13(14,15)16/h2-6,11,20H,1H3. The van der Waals surface area contributed by atoms with Gasteiger partial charge in [-0.05, 0) is 6.07 Å². The first-order valence-corrected chi connectivity index (χ1v) is 6.82. The van der Waals surface area contributed by atoms with Crippen molar-refractivity contribution < 1.29 is 18.3 Å². The lowest BCUT2D eigenvalue weighted by Crippen LogP contribution is -2.03. The van der Waals surface area contributed by atoms with Crippen LogP contribution >= 0.6 is 11.3 Å². The Balaban J connectivity index is 2.05. The van der Waals surface area contributed by atoms with E-state index in [2.05, 4.69) is 10.1 Å². The molecule has 0 saturated carbocycles. The Bertz CT molecular complexity index is 793. The molecule has 0 spiro atoms. The largest absolute Gasteiger partial charge is 0.443 e. The summed E-state index contributed by atoms with van der Waals surface area (Å²) in [6.07, 6.45) is -4.69. The van der Waals surface area contributed by atoms with E-state index in [0.29, 0.717) is 22.4 Å². The zero-order valence-corrected chi connectivity index (χ0v) is 11.6. The number of aryl methyl sites for hydroxylation is 1. The minimum absolute atomic E-state index is 0.117. The molecule has 0 radical (unpaired) electrons. The van der Waals surface area contributed by atoms with E-state index in [1.165, 1.54) is 0 Å². The molecule has 3 aromatic rings. The molecule has 3 rings (SSSR count). The number of hydrogen-bond donors (Lipinski definition) is 1. The third kappa shape index (κ3) is 2.40. The summed E-state index contributed by atoms with van der Waals surface area (Å²) in [6, 6.07) is 7.21. The van der Waals surface area contributed by atoms with Crippen molar-refractivity contribution in [2.75, 3.05) is 0 Å². The van der Waals surface area contributed by atoms with Crippen LogP contribution in [0.25, 0.3) is 10.9 Å². The van der Waals surface area contributed by atoms with Crippen LogP contribution in [-0.4, -0.2) is 19.9 Å². The molecule has 0 fully saturated rings. The first-order chi connectivity index (χ1) is 9.88. The highest BCUT2D eigenvalue weighted by molar-refractivity contribution is 7.11. The Hall–Kier alpha value is -1.93. The lowest BCUT2D eigenvalue weighted by molar-refractivity contribution is -0.137. The maximum absolute atomic E-state index is 12.6. The fourth-order valence-corrected chi connectivity index (χ4v) is 2.90. The van der Waals surface area contributed by atoms with Gasteiger partial charge in [-0.2, -0.15) is 18.3 Å². The lowest BCUT2D eigenvalue weighted by Gasteiger charge is -2.05. The molecule has 0 bridgehead atoms. The first-order valence-electron chi connectivity index (χ1n) is 6.00. The zero-order valence-electron chi connectivity index (χ0n) is 10.8. The average molecular weight is 313 g/mol. The molecule has 21 heavy (non-hydrogen) atoms. The van der Waals surface area contributed by atoms with Crippen LogP contribution in [0, 0.1) is 0 Å². The Morgan fingerprint density at radius 2 is 2.00 bits per heavy atom. The molecule has 0 saturated heterocycles. The Morgan fingerprint density at radius 3 is 2.67 bits per heavy atom. The highest BCUT2D eigenvalue weighted by Gasteiger charge is 2.35. The number of aromatic nitrogens is 3. The Labute approximate surface area is 121 Å². The van der Waals surface area contributed by atoms with Crippen molar-refractivity contribution in [1.82, 2.24) is 14.8 Å². The van der Waals surface area contributed by atoms with Crippen molar-refractivity contribution in [3.05, 3.63) is 46.0 Å². The summed E-state index contributed by atoms with van der Waals surface area (Å²) >= 11 is 0.425. The molecule has 0 aliphatic rings. The number of thiazole rings is 1. The van der Waals surface area contributed by atoms with Crippen molar-refractivity contribution in [1.29, 1.82) is 0 Å². The van der Waals surface area contributed by atoms with Crippen molar-refractivity contribution in [2.45, 2.75) is 12.3 Å². The maximum atomic E-state index is 12.6. The van der Waals surface area contributed by atoms with E-state index in [0.717, 1.165) is 11.7 Å². The van der Waals surface area contributed by atoms with Gasteiger partial charge in [-0.25, -0.2) is 4.98 Å². The van der Waals surface area contributed by atoms with Gasteiger partial charge in [0.05, 0.1) is 10.4 Å². The van der Waals surface area contributed by atoms with E-state index in [1.54, 1.807) is 23.9 Å². The van der Waals surface area contributed by atoms with Gasteiger partial charge in [0.1, 0.15) is 11.8 Å². The van der Waals surface area contributed by atoms with Crippen LogP contribution < -0.4 is 0 Å². The Kier molecular flexibility index (Phi) is 3.22. The second-order valence-corrected chi connectivity index (χ2v) is 5.56. The molecule has 2 heterocycles. The molecular weight excluding hydrogens is 303 g/mol. The van der Waals surface area contributed by atoms with Crippen molar-refractivity contribution in [2.24, 2.45) is 7.05 Å². The molecule has 1 aromatic carbocycles. The molecule has 110 valence electrons. The van der Waals surface area contributed by atoms with Crippen LogP contribution in [0.15, 0.2) is 30.5 Å². The molecule has 0 aliphatic carbocycles. The van der Waals surface area contributed by atoms with E-state index < -0.39 is 17.3 Å². The summed E-state index contributed by atoms with van der Waals surface area (Å²) in [5, 5.41) is 14.2. The first kappa shape index (κ1) is 14.0. The number of aliphatic hydroxyl groups is 1. The van der Waals surface area contributed by atoms with Crippen molar-refractivity contribution in [3.63, 3.8) is 0 Å². The minimum Gasteiger partial charge on any atom is -0.381 e. The van der Waals surface area contributed by atoms with Gasteiger partial charge < -0.3 is 5.11 Å². The van der Waals surface area contributed by atoms with Gasteiger partial charge in [-0.15, -0.1) is 11.3 Å². The zero-order chi connectivity index (χ0) is 15.2. The number of rotatable bonds is 2. The summed E-state index contributed by atoms with van der Waals surface area (Å²) in [6.45, 7) is 0. The van der Waals surface area contributed by atoms with Gasteiger partial charge in [0.2, 0.25) is 0 Å². The van der Waals surface area contributed by atoms with Crippen LogP contribution in [0.2, 0.25) is 0 Å². The summed E-state index contributed by atoms with van der Waals surface area (Å²) in [5.41, 5.74) is 1.12. The van der Waals surface area contributed by atoms with Gasteiger partial charge >= 0.3 is 6.18 Å². The fraction of sp³-hybridized carbons (Fsp3) is 0.231. The SMILES string of the molecule is Cn1nc(C(O)c2cnc(C(F)(F)F)s2)c2ccccc21. The predicted octanol–water partition coefficient (Wildman–Crippen LogP) is 3.13. The van der Waals surface area contributed by atoms with E-state index in [1.807, 2.05) is 12.1 Å². The fourth-order valence-electron chi connectivity index (χ4n) is 2.12. The highest BCUT2D eigenvalue weighted by Crippen LogP contribution is 2.36. The molecule has 4 nitrogen and oxygen atoms in total. The van der Waals surface area contributed by atoms with Gasteiger partial charge in [0.15, 0.2) is 5.01 Å². The normalized spacial score (nSPS) is 13.8. The van der Waals surface area contributed by atoms with Crippen LogP contribution in [0.5, 0.6) is 0 Å². The van der Waals surface area contributed by atoms with E-state index in [9.17, 15) is 18.3 Å². The molecule has 8 heteroatoms. The van der Waals surface area contributed by atoms with Crippen LogP contribution in [-0.2, 0) is 13.2 Å². The molecular formula is C13H10F3N3OS. The summed E-state index contributed by atoms with van der Waals surface area (Å²) in [7, 11) is 1.71. The minimum atomic E-state index is -4.51. The highest BCUT2D eigenvalue weighted by atomic mass is 32.1. The van der Waals surface area contributed by atoms with Crippen molar-refractivity contribution in [3.8, 4) is 0 Å². The second kappa shape index (κ2) is 4.81. The number of fused-ring (bicyclic) bond motifs is 1. The lowest BCUT2D eigenvalue weighted by atomic mass is 10.1. The topological polar surface area (TPSA) is 50.9 Å². The summed E-state index contributed by atoms with van der Waals surface area (Å²) in [5.74, 6) is 0. The third-order valence-electron chi connectivity index (χ3n) is 3.08. The van der Waals surface area contributed by atoms with Gasteiger partial charge in [0, 0.05) is 18.6 Å². The molecule has 0 amide bonds. The van der Waals surface area contributed by atoms with Gasteiger partial charge in [-0.1, -0.05) is 18.2 Å². The van der Waals surface area contributed by atoms with E-state index >= 15 is 0 Å². The Morgan fingerprint density at radius 1 is 1.29 bits per heavy atom. The number of benzene rings is 1. The molecule has 0 aliphatic heterocycles. The molecule has 1 atom stereocenters. The number of para-hydroxylation sites is 1.